The van der Waals surface area contributed by atoms with E-state index < -0.39 is 28.4 Å². The van der Waals surface area contributed by atoms with Crippen molar-refractivity contribution in [2.45, 2.75) is 16.7 Å². The minimum absolute atomic E-state index is 0.104. The van der Waals surface area contributed by atoms with Gasteiger partial charge in [0.25, 0.3) is 0 Å². The zero-order valence-electron chi connectivity index (χ0n) is 15.8. The maximum atomic E-state index is 12.6. The molecule has 1 amide bonds. The molecular formula is C19H22N2O5S2. The number of anilines is 1. The SMILES string of the molecule is CCOC(=O)c1ccccc1NC(=O)CN(C)S(=O)(=O)c1ccc(SC)cc1. The third-order valence-electron chi connectivity index (χ3n) is 3.83. The highest BCUT2D eigenvalue weighted by Crippen LogP contribution is 2.20. The van der Waals surface area contributed by atoms with E-state index in [1.54, 1.807) is 37.3 Å². The zero-order valence-corrected chi connectivity index (χ0v) is 17.5. The van der Waals surface area contributed by atoms with E-state index in [2.05, 4.69) is 5.32 Å². The van der Waals surface area contributed by atoms with Crippen molar-refractivity contribution in [2.75, 3.05) is 31.8 Å². The summed E-state index contributed by atoms with van der Waals surface area (Å²) >= 11 is 1.51. The van der Waals surface area contributed by atoms with E-state index in [-0.39, 0.29) is 22.8 Å². The summed E-state index contributed by atoms with van der Waals surface area (Å²) in [6.45, 7) is 1.49. The number of thioether (sulfide) groups is 1. The molecule has 2 rings (SSSR count). The Kier molecular flexibility index (Phi) is 7.61. The highest BCUT2D eigenvalue weighted by molar-refractivity contribution is 7.98. The van der Waals surface area contributed by atoms with Crippen LogP contribution in [0, 0.1) is 0 Å². The average Bonchev–Trinajstić information content (AvgIpc) is 2.68. The smallest absolute Gasteiger partial charge is 0.340 e. The van der Waals surface area contributed by atoms with Gasteiger partial charge in [-0.2, -0.15) is 4.31 Å². The predicted molar refractivity (Wildman–Crippen MR) is 109 cm³/mol. The lowest BCUT2D eigenvalue weighted by atomic mass is 10.2. The first kappa shape index (κ1) is 21.9. The second kappa shape index (κ2) is 9.72. The van der Waals surface area contributed by atoms with Crippen molar-refractivity contribution in [1.82, 2.24) is 4.31 Å². The summed E-state index contributed by atoms with van der Waals surface area (Å²) in [7, 11) is -2.49. The van der Waals surface area contributed by atoms with Crippen molar-refractivity contribution in [2.24, 2.45) is 0 Å². The lowest BCUT2D eigenvalue weighted by Gasteiger charge is -2.17. The number of likely N-dealkylation sites (N-methyl/N-ethyl adjacent to an activating group) is 1. The van der Waals surface area contributed by atoms with Crippen molar-refractivity contribution in [1.29, 1.82) is 0 Å². The molecule has 150 valence electrons. The average molecular weight is 423 g/mol. The number of carbonyl (C=O) groups is 2. The summed E-state index contributed by atoms with van der Waals surface area (Å²) < 4.78 is 31.2. The standard InChI is InChI=1S/C19H22N2O5S2/c1-4-26-19(23)16-7-5-6-8-17(16)20-18(22)13-21(2)28(24,25)15-11-9-14(27-3)10-12-15/h5-12H,4,13H2,1-3H3,(H,20,22). The zero-order chi connectivity index (χ0) is 20.7. The Balaban J connectivity index is 2.11. The maximum Gasteiger partial charge on any atom is 0.340 e. The monoisotopic (exact) mass is 422 g/mol. The van der Waals surface area contributed by atoms with Crippen molar-refractivity contribution in [3.63, 3.8) is 0 Å². The normalized spacial score (nSPS) is 11.3. The Morgan fingerprint density at radius 2 is 1.75 bits per heavy atom. The molecule has 0 atom stereocenters. The van der Waals surface area contributed by atoms with E-state index >= 15 is 0 Å². The van der Waals surface area contributed by atoms with Crippen LogP contribution in [0.3, 0.4) is 0 Å². The van der Waals surface area contributed by atoms with Crippen molar-refractivity contribution in [3.05, 3.63) is 54.1 Å². The van der Waals surface area contributed by atoms with Gasteiger partial charge in [0.05, 0.1) is 29.3 Å². The summed E-state index contributed by atoms with van der Waals surface area (Å²) in [5.74, 6) is -1.13. The van der Waals surface area contributed by atoms with Crippen LogP contribution < -0.4 is 5.32 Å². The van der Waals surface area contributed by atoms with Crippen molar-refractivity contribution in [3.8, 4) is 0 Å². The van der Waals surface area contributed by atoms with E-state index in [1.165, 1.54) is 37.0 Å². The molecule has 0 unspecified atom stereocenters. The molecule has 0 heterocycles. The number of nitrogens with zero attached hydrogens (tertiary/aromatic N) is 1. The van der Waals surface area contributed by atoms with E-state index in [4.69, 9.17) is 4.74 Å². The number of hydrogen-bond donors (Lipinski definition) is 1. The largest absolute Gasteiger partial charge is 0.462 e. The minimum atomic E-state index is -3.81. The number of rotatable bonds is 8. The van der Waals surface area contributed by atoms with Crippen LogP contribution in [0.15, 0.2) is 58.3 Å². The highest BCUT2D eigenvalue weighted by Gasteiger charge is 2.23. The number of hydrogen-bond acceptors (Lipinski definition) is 6. The van der Waals surface area contributed by atoms with Gasteiger partial charge in [-0.3, -0.25) is 4.79 Å². The van der Waals surface area contributed by atoms with Crippen LogP contribution in [0.25, 0.3) is 0 Å². The molecule has 0 fully saturated rings. The molecule has 2 aromatic carbocycles. The highest BCUT2D eigenvalue weighted by atomic mass is 32.2. The Morgan fingerprint density at radius 3 is 2.36 bits per heavy atom. The molecule has 0 saturated heterocycles. The van der Waals surface area contributed by atoms with Crippen LogP contribution in [0.2, 0.25) is 0 Å². The fraction of sp³-hybridized carbons (Fsp3) is 0.263. The van der Waals surface area contributed by atoms with E-state index in [0.717, 1.165) is 9.20 Å². The van der Waals surface area contributed by atoms with E-state index in [1.807, 2.05) is 6.26 Å². The van der Waals surface area contributed by atoms with Crippen molar-refractivity contribution >= 4 is 39.3 Å². The van der Waals surface area contributed by atoms with Crippen molar-refractivity contribution < 1.29 is 22.7 Å². The molecule has 0 aliphatic carbocycles. The van der Waals surface area contributed by atoms with Crippen LogP contribution in [-0.4, -0.2) is 51.1 Å². The molecule has 0 saturated carbocycles. The second-order valence-electron chi connectivity index (χ2n) is 5.75. The van der Waals surface area contributed by atoms with Gasteiger partial charge in [-0.25, -0.2) is 13.2 Å². The lowest BCUT2D eigenvalue weighted by molar-refractivity contribution is -0.116. The van der Waals surface area contributed by atoms with Gasteiger partial charge in [0.15, 0.2) is 0 Å². The Hall–Kier alpha value is -2.36. The first-order chi connectivity index (χ1) is 13.3. The quantitative estimate of drug-likeness (QED) is 0.519. The van der Waals surface area contributed by atoms with Gasteiger partial charge < -0.3 is 10.1 Å². The third-order valence-corrected chi connectivity index (χ3v) is 6.39. The number of esters is 1. The van der Waals surface area contributed by atoms with Crippen LogP contribution in [0.5, 0.6) is 0 Å². The number of sulfonamides is 1. The Bertz CT molecular complexity index is 943. The molecule has 28 heavy (non-hydrogen) atoms. The Morgan fingerprint density at radius 1 is 1.11 bits per heavy atom. The summed E-state index contributed by atoms with van der Waals surface area (Å²) in [6, 6.07) is 12.8. The summed E-state index contributed by atoms with van der Waals surface area (Å²) in [5, 5.41) is 2.57. The predicted octanol–water partition coefficient (Wildman–Crippen LogP) is 2.84. The molecule has 0 bridgehead atoms. The van der Waals surface area contributed by atoms with Gasteiger partial charge in [0.2, 0.25) is 15.9 Å². The Labute approximate surface area is 169 Å². The van der Waals surface area contributed by atoms with Gasteiger partial charge in [-0.05, 0) is 49.6 Å². The summed E-state index contributed by atoms with van der Waals surface area (Å²) in [4.78, 5) is 25.4. The minimum Gasteiger partial charge on any atom is -0.462 e. The first-order valence-corrected chi connectivity index (χ1v) is 11.1. The van der Waals surface area contributed by atoms with Crippen LogP contribution in [-0.2, 0) is 19.6 Å². The molecule has 9 heteroatoms. The molecule has 0 aliphatic rings. The van der Waals surface area contributed by atoms with Gasteiger partial charge >= 0.3 is 5.97 Å². The lowest BCUT2D eigenvalue weighted by Crippen LogP contribution is -2.35. The van der Waals surface area contributed by atoms with Crippen LogP contribution >= 0.6 is 11.8 Å². The molecule has 0 spiro atoms. The van der Waals surface area contributed by atoms with Gasteiger partial charge in [-0.1, -0.05) is 12.1 Å². The molecule has 0 radical (unpaired) electrons. The second-order valence-corrected chi connectivity index (χ2v) is 8.68. The molecular weight excluding hydrogens is 400 g/mol. The molecule has 7 nitrogen and oxygen atoms in total. The van der Waals surface area contributed by atoms with Crippen LogP contribution in [0.1, 0.15) is 17.3 Å². The molecule has 0 aromatic heterocycles. The number of ether oxygens (including phenoxy) is 1. The van der Waals surface area contributed by atoms with Gasteiger partial charge in [0, 0.05) is 11.9 Å². The number of benzene rings is 2. The molecule has 0 aliphatic heterocycles. The van der Waals surface area contributed by atoms with E-state index in [9.17, 15) is 18.0 Å². The molecule has 2 aromatic rings. The van der Waals surface area contributed by atoms with E-state index in [0.29, 0.717) is 0 Å². The summed E-state index contributed by atoms with van der Waals surface area (Å²) in [6.07, 6.45) is 1.90. The number of amides is 1. The number of carbonyl (C=O) groups excluding carboxylic acids is 2. The maximum absolute atomic E-state index is 12.6. The van der Waals surface area contributed by atoms with Crippen LogP contribution in [0.4, 0.5) is 5.69 Å². The fourth-order valence-electron chi connectivity index (χ4n) is 2.38. The van der Waals surface area contributed by atoms with Gasteiger partial charge in [-0.15, -0.1) is 11.8 Å². The summed E-state index contributed by atoms with van der Waals surface area (Å²) in [5.41, 5.74) is 0.469. The fourth-order valence-corrected chi connectivity index (χ4v) is 3.92. The molecule has 1 N–H and O–H groups in total. The third kappa shape index (κ3) is 5.34. The topological polar surface area (TPSA) is 92.8 Å². The number of nitrogens with one attached hydrogen (secondary N) is 1. The first-order valence-electron chi connectivity index (χ1n) is 8.46. The van der Waals surface area contributed by atoms with Gasteiger partial charge in [0.1, 0.15) is 0 Å². The number of para-hydroxylation sites is 1.